The number of hydrogen-bond donors (Lipinski definition) is 4. The number of aliphatic hydroxyl groups is 3. The van der Waals surface area contributed by atoms with Gasteiger partial charge in [-0.15, -0.1) is 0 Å². The summed E-state index contributed by atoms with van der Waals surface area (Å²) in [5, 5.41) is 30.5. The van der Waals surface area contributed by atoms with Gasteiger partial charge in [-0.3, -0.25) is 9.80 Å². The maximum absolute atomic E-state index is 10.6. The van der Waals surface area contributed by atoms with Gasteiger partial charge < -0.3 is 20.3 Å². The molecule has 0 saturated carbocycles. The van der Waals surface area contributed by atoms with Crippen LogP contribution in [0.3, 0.4) is 0 Å². The van der Waals surface area contributed by atoms with Crippen molar-refractivity contribution < 1.29 is 15.3 Å². The fraction of sp³-hybridized carbons (Fsp3) is 0.600. The number of rotatable bonds is 4. The molecule has 3 rings (SSSR count). The van der Waals surface area contributed by atoms with Gasteiger partial charge >= 0.3 is 0 Å². The first-order valence-corrected chi connectivity index (χ1v) is 7.61. The van der Waals surface area contributed by atoms with Gasteiger partial charge in [0.1, 0.15) is 12.4 Å². The van der Waals surface area contributed by atoms with E-state index in [0.717, 1.165) is 22.3 Å². The number of hydrogen-bond acceptors (Lipinski definition) is 7. The normalized spacial score (nSPS) is 29.0. The van der Waals surface area contributed by atoms with Crippen molar-refractivity contribution in [2.75, 3.05) is 27.4 Å². The van der Waals surface area contributed by atoms with Gasteiger partial charge in [-0.2, -0.15) is 0 Å². The zero-order chi connectivity index (χ0) is 16.7. The summed E-state index contributed by atoms with van der Waals surface area (Å²) in [7, 11) is 3.81. The summed E-state index contributed by atoms with van der Waals surface area (Å²) in [5.41, 5.74) is 3.18. The van der Waals surface area contributed by atoms with Crippen molar-refractivity contribution in [3.63, 3.8) is 0 Å². The molecule has 8 heteroatoms. The number of fused-ring (bicyclic) bond motifs is 1. The highest BCUT2D eigenvalue weighted by molar-refractivity contribution is 5.81. The number of nitrogens with one attached hydrogen (secondary N) is 1. The fourth-order valence-electron chi connectivity index (χ4n) is 3.42. The minimum absolute atomic E-state index is 0.223. The van der Waals surface area contributed by atoms with Crippen LogP contribution in [0, 0.1) is 6.92 Å². The smallest absolute Gasteiger partial charge is 0.116 e. The van der Waals surface area contributed by atoms with Gasteiger partial charge in [0.05, 0.1) is 48.2 Å². The Bertz CT molecular complexity index is 689. The number of H-pyrrole nitrogens is 1. The van der Waals surface area contributed by atoms with Crippen LogP contribution in [-0.4, -0.2) is 85.7 Å². The summed E-state index contributed by atoms with van der Waals surface area (Å²) in [6.45, 7) is 2.16. The monoisotopic (exact) mass is 321 g/mol. The molecule has 1 aliphatic rings. The minimum Gasteiger partial charge on any atom is -0.395 e. The molecular formula is C15H23N5O3. The van der Waals surface area contributed by atoms with Gasteiger partial charge in [-0.25, -0.2) is 9.97 Å². The third-order valence-electron chi connectivity index (χ3n) is 4.49. The maximum atomic E-state index is 10.6. The summed E-state index contributed by atoms with van der Waals surface area (Å²) in [6, 6.07) is -0.974. The van der Waals surface area contributed by atoms with Crippen molar-refractivity contribution in [2.45, 2.75) is 31.2 Å². The van der Waals surface area contributed by atoms with Crippen LogP contribution in [0.2, 0.25) is 0 Å². The van der Waals surface area contributed by atoms with Crippen molar-refractivity contribution >= 4 is 11.0 Å². The van der Waals surface area contributed by atoms with Gasteiger partial charge in [-0.05, 0) is 21.0 Å². The van der Waals surface area contributed by atoms with Crippen molar-refractivity contribution in [1.29, 1.82) is 0 Å². The summed E-state index contributed by atoms with van der Waals surface area (Å²) < 4.78 is 0. The molecule has 2 aromatic rings. The van der Waals surface area contributed by atoms with Crippen molar-refractivity contribution in [3.05, 3.63) is 23.8 Å². The molecular weight excluding hydrogens is 298 g/mol. The molecule has 0 bridgehead atoms. The molecule has 0 radical (unpaired) electrons. The van der Waals surface area contributed by atoms with Crippen molar-refractivity contribution in [3.8, 4) is 0 Å². The topological polar surface area (TPSA) is 109 Å². The molecule has 1 fully saturated rings. The lowest BCUT2D eigenvalue weighted by Gasteiger charge is -2.31. The summed E-state index contributed by atoms with van der Waals surface area (Å²) in [6.07, 6.45) is 1.28. The summed E-state index contributed by atoms with van der Waals surface area (Å²) in [5.74, 6) is 0. The standard InChI is InChI=1S/C15H23N5O3/c1-8-11-12(18-6-17-8)9(4-16-11)13-15(23)14(22)10(5-21)20(13)7-19(2)3/h4,6,10,13-16,21-23H,5,7H2,1-3H3/t10-,13+,14-,15+/m1/s1. The summed E-state index contributed by atoms with van der Waals surface area (Å²) >= 11 is 0. The third-order valence-corrected chi connectivity index (χ3v) is 4.49. The van der Waals surface area contributed by atoms with E-state index in [1.807, 2.05) is 30.8 Å². The van der Waals surface area contributed by atoms with E-state index in [1.54, 1.807) is 6.20 Å². The van der Waals surface area contributed by atoms with E-state index in [2.05, 4.69) is 15.0 Å². The van der Waals surface area contributed by atoms with Crippen molar-refractivity contribution in [2.24, 2.45) is 0 Å². The molecule has 23 heavy (non-hydrogen) atoms. The predicted octanol–water partition coefficient (Wildman–Crippen LogP) is -0.775. The molecule has 3 heterocycles. The van der Waals surface area contributed by atoms with E-state index < -0.39 is 24.3 Å². The molecule has 0 aliphatic carbocycles. The Hall–Kier alpha value is -1.58. The van der Waals surface area contributed by atoms with E-state index in [9.17, 15) is 15.3 Å². The lowest BCUT2D eigenvalue weighted by molar-refractivity contribution is 0.0163. The number of likely N-dealkylation sites (tertiary alicyclic amines) is 1. The number of aryl methyl sites for hydroxylation is 1. The van der Waals surface area contributed by atoms with Gasteiger partial charge in [0.2, 0.25) is 0 Å². The lowest BCUT2D eigenvalue weighted by Crippen LogP contribution is -2.43. The Kier molecular flexibility index (Phi) is 4.35. The van der Waals surface area contributed by atoms with E-state index in [-0.39, 0.29) is 6.61 Å². The average molecular weight is 321 g/mol. The Balaban J connectivity index is 2.08. The van der Waals surface area contributed by atoms with Crippen LogP contribution in [-0.2, 0) is 0 Å². The van der Waals surface area contributed by atoms with Crippen LogP contribution >= 0.6 is 0 Å². The van der Waals surface area contributed by atoms with Crippen LogP contribution in [0.5, 0.6) is 0 Å². The van der Waals surface area contributed by atoms with Crippen molar-refractivity contribution in [1.82, 2.24) is 24.8 Å². The largest absolute Gasteiger partial charge is 0.395 e. The molecule has 1 aliphatic heterocycles. The Morgan fingerprint density at radius 2 is 2.00 bits per heavy atom. The van der Waals surface area contributed by atoms with Gasteiger partial charge in [0.25, 0.3) is 0 Å². The maximum Gasteiger partial charge on any atom is 0.116 e. The molecule has 4 atom stereocenters. The van der Waals surface area contributed by atoms with Gasteiger partial charge in [0.15, 0.2) is 0 Å². The second-order valence-corrected chi connectivity index (χ2v) is 6.34. The average Bonchev–Trinajstić information content (AvgIpc) is 3.01. The van der Waals surface area contributed by atoms with E-state index >= 15 is 0 Å². The highest BCUT2D eigenvalue weighted by atomic mass is 16.3. The van der Waals surface area contributed by atoms with Crippen LogP contribution < -0.4 is 0 Å². The minimum atomic E-state index is -1.02. The molecule has 2 aromatic heterocycles. The first-order valence-electron chi connectivity index (χ1n) is 7.61. The lowest BCUT2D eigenvalue weighted by atomic mass is 10.0. The fourth-order valence-corrected chi connectivity index (χ4v) is 3.42. The summed E-state index contributed by atoms with van der Waals surface area (Å²) in [4.78, 5) is 15.5. The quantitative estimate of drug-likeness (QED) is 0.585. The third kappa shape index (κ3) is 2.62. The highest BCUT2D eigenvalue weighted by Gasteiger charge is 2.48. The van der Waals surface area contributed by atoms with E-state index in [4.69, 9.17) is 0 Å². The second kappa shape index (κ2) is 6.14. The molecule has 0 unspecified atom stereocenters. The number of aromatic amines is 1. The second-order valence-electron chi connectivity index (χ2n) is 6.34. The molecule has 0 aromatic carbocycles. The number of aliphatic hydroxyl groups excluding tert-OH is 3. The highest BCUT2D eigenvalue weighted by Crippen LogP contribution is 2.39. The van der Waals surface area contributed by atoms with Gasteiger partial charge in [-0.1, -0.05) is 0 Å². The van der Waals surface area contributed by atoms with E-state index in [1.165, 1.54) is 6.33 Å². The molecule has 8 nitrogen and oxygen atoms in total. The predicted molar refractivity (Wildman–Crippen MR) is 84.6 cm³/mol. The zero-order valence-corrected chi connectivity index (χ0v) is 13.5. The molecule has 0 spiro atoms. The van der Waals surface area contributed by atoms with Crippen LogP contribution in [0.4, 0.5) is 0 Å². The number of aromatic nitrogens is 3. The SMILES string of the molecule is Cc1ncnc2c([C@H]3[C@H](O)[C@H](O)[C@@H](CO)N3CN(C)C)c[nH]c12. The Morgan fingerprint density at radius 3 is 2.65 bits per heavy atom. The molecule has 1 saturated heterocycles. The molecule has 126 valence electrons. The Morgan fingerprint density at radius 1 is 1.26 bits per heavy atom. The molecule has 4 N–H and O–H groups in total. The molecule has 0 amide bonds. The number of nitrogens with zero attached hydrogens (tertiary/aromatic N) is 4. The van der Waals surface area contributed by atoms with Crippen LogP contribution in [0.1, 0.15) is 17.3 Å². The van der Waals surface area contributed by atoms with Crippen LogP contribution in [0.15, 0.2) is 12.5 Å². The zero-order valence-electron chi connectivity index (χ0n) is 13.5. The Labute approximate surface area is 134 Å². The first kappa shape index (κ1) is 16.3. The van der Waals surface area contributed by atoms with Crippen LogP contribution in [0.25, 0.3) is 11.0 Å². The van der Waals surface area contributed by atoms with Gasteiger partial charge in [0, 0.05) is 11.8 Å². The van der Waals surface area contributed by atoms with E-state index in [0.29, 0.717) is 6.67 Å². The first-order chi connectivity index (χ1) is 11.0.